The van der Waals surface area contributed by atoms with Gasteiger partial charge in [-0.15, -0.1) is 0 Å². The smallest absolute Gasteiger partial charge is 0.119 e. The van der Waals surface area contributed by atoms with Crippen LogP contribution in [0.2, 0.25) is 0 Å². The fourth-order valence-corrected chi connectivity index (χ4v) is 3.99. The number of phenols is 1. The molecule has 1 heteroatoms. The highest BCUT2D eigenvalue weighted by Gasteiger charge is 2.34. The molecule has 0 fully saturated rings. The van der Waals surface area contributed by atoms with Crippen LogP contribution in [0.4, 0.5) is 0 Å². The Morgan fingerprint density at radius 3 is 1.75 bits per heavy atom. The molecule has 1 nitrogen and oxygen atoms in total. The Morgan fingerprint density at radius 2 is 1.29 bits per heavy atom. The van der Waals surface area contributed by atoms with E-state index in [1.165, 1.54) is 22.3 Å². The quantitative estimate of drug-likeness (QED) is 0.585. The van der Waals surface area contributed by atoms with Crippen LogP contribution in [0.1, 0.15) is 90.1 Å². The highest BCUT2D eigenvalue weighted by Crippen LogP contribution is 2.45. The third kappa shape index (κ3) is 5.07. The van der Waals surface area contributed by atoms with E-state index < -0.39 is 0 Å². The molecule has 0 saturated heterocycles. The molecule has 0 aliphatic heterocycles. The normalized spacial score (nSPS) is 13.3. The Labute approximate surface area is 172 Å². The highest BCUT2D eigenvalue weighted by atomic mass is 16.3. The second-order valence-corrected chi connectivity index (χ2v) is 10.9. The van der Waals surface area contributed by atoms with Crippen LogP contribution in [-0.2, 0) is 22.7 Å². The molecule has 0 aromatic heterocycles. The van der Waals surface area contributed by atoms with Crippen molar-refractivity contribution in [1.82, 2.24) is 0 Å². The number of allylic oxidation sites excluding steroid dienone is 1. The molecule has 0 spiro atoms. The van der Waals surface area contributed by atoms with Crippen molar-refractivity contribution < 1.29 is 5.11 Å². The maximum atomic E-state index is 11.1. The summed E-state index contributed by atoms with van der Waals surface area (Å²) in [5, 5.41) is 11.1. The standard InChI is InChI=1S/C27H38O/c1-25(2,3)21-18-22(28)20(17-13-16-19-14-11-10-12-15-19)23(26(4,5)6)24(21)27(7,8)9/h10-16,18,28H,17H2,1-9H3/b16-13+. The van der Waals surface area contributed by atoms with E-state index in [9.17, 15) is 5.11 Å². The number of rotatable bonds is 3. The summed E-state index contributed by atoms with van der Waals surface area (Å²) in [5.41, 5.74) is 6.07. The molecule has 0 heterocycles. The molecule has 0 bridgehead atoms. The van der Waals surface area contributed by atoms with Gasteiger partial charge < -0.3 is 5.11 Å². The first-order valence-corrected chi connectivity index (χ1v) is 10.3. The van der Waals surface area contributed by atoms with Gasteiger partial charge in [-0.1, -0.05) is 105 Å². The van der Waals surface area contributed by atoms with E-state index in [0.29, 0.717) is 5.75 Å². The van der Waals surface area contributed by atoms with Crippen molar-refractivity contribution in [2.75, 3.05) is 0 Å². The van der Waals surface area contributed by atoms with Crippen molar-refractivity contribution in [3.8, 4) is 5.75 Å². The summed E-state index contributed by atoms with van der Waals surface area (Å²) in [5.74, 6) is 0.417. The van der Waals surface area contributed by atoms with Crippen molar-refractivity contribution in [2.45, 2.75) is 85.0 Å². The molecule has 2 aromatic rings. The van der Waals surface area contributed by atoms with Crippen LogP contribution in [-0.4, -0.2) is 5.11 Å². The van der Waals surface area contributed by atoms with Gasteiger partial charge in [0.2, 0.25) is 0 Å². The second-order valence-electron chi connectivity index (χ2n) is 10.9. The second kappa shape index (κ2) is 7.78. The number of hydrogen-bond donors (Lipinski definition) is 1. The number of phenolic OH excluding ortho intramolecular Hbond substituents is 1. The van der Waals surface area contributed by atoms with Crippen molar-refractivity contribution >= 4 is 6.08 Å². The van der Waals surface area contributed by atoms with Crippen LogP contribution in [0.3, 0.4) is 0 Å². The number of hydrogen-bond acceptors (Lipinski definition) is 1. The van der Waals surface area contributed by atoms with E-state index in [1.807, 2.05) is 24.3 Å². The Kier molecular flexibility index (Phi) is 6.19. The predicted octanol–water partition coefficient (Wildman–Crippen LogP) is 7.54. The van der Waals surface area contributed by atoms with Gasteiger partial charge in [-0.25, -0.2) is 0 Å². The van der Waals surface area contributed by atoms with Crippen molar-refractivity contribution in [2.24, 2.45) is 0 Å². The van der Waals surface area contributed by atoms with Gasteiger partial charge in [-0.2, -0.15) is 0 Å². The van der Waals surface area contributed by atoms with Crippen LogP contribution >= 0.6 is 0 Å². The minimum absolute atomic E-state index is 0.00315. The molecule has 0 aliphatic carbocycles. The van der Waals surface area contributed by atoms with Crippen molar-refractivity contribution in [3.63, 3.8) is 0 Å². The fourth-order valence-electron chi connectivity index (χ4n) is 3.99. The maximum Gasteiger partial charge on any atom is 0.119 e. The number of benzene rings is 2. The summed E-state index contributed by atoms with van der Waals surface area (Å²) in [4.78, 5) is 0. The van der Waals surface area contributed by atoms with Gasteiger partial charge in [0.1, 0.15) is 5.75 Å². The minimum Gasteiger partial charge on any atom is -0.508 e. The lowest BCUT2D eigenvalue weighted by atomic mass is 9.67. The summed E-state index contributed by atoms with van der Waals surface area (Å²) >= 11 is 0. The van der Waals surface area contributed by atoms with Crippen LogP contribution < -0.4 is 0 Å². The van der Waals surface area contributed by atoms with Crippen LogP contribution in [0.15, 0.2) is 42.5 Å². The Balaban J connectivity index is 2.70. The van der Waals surface area contributed by atoms with E-state index >= 15 is 0 Å². The van der Waals surface area contributed by atoms with E-state index in [-0.39, 0.29) is 16.2 Å². The summed E-state index contributed by atoms with van der Waals surface area (Å²) in [6.07, 6.45) is 5.03. The third-order valence-corrected chi connectivity index (χ3v) is 5.15. The summed E-state index contributed by atoms with van der Waals surface area (Å²) in [6, 6.07) is 12.3. The Morgan fingerprint density at radius 1 is 0.750 bits per heavy atom. The largest absolute Gasteiger partial charge is 0.508 e. The van der Waals surface area contributed by atoms with E-state index in [1.54, 1.807) is 0 Å². The molecule has 0 radical (unpaired) electrons. The SMILES string of the molecule is CC(C)(C)c1cc(O)c(C/C=C/c2ccccc2)c(C(C)(C)C)c1C(C)(C)C. The first-order chi connectivity index (χ1) is 12.7. The molecule has 0 amide bonds. The molecule has 1 N–H and O–H groups in total. The van der Waals surface area contributed by atoms with E-state index in [2.05, 4.69) is 86.6 Å². The summed E-state index contributed by atoms with van der Waals surface area (Å²) in [7, 11) is 0. The van der Waals surface area contributed by atoms with Gasteiger partial charge in [0.15, 0.2) is 0 Å². The van der Waals surface area contributed by atoms with Gasteiger partial charge in [0.25, 0.3) is 0 Å². The summed E-state index contributed by atoms with van der Waals surface area (Å²) in [6.45, 7) is 20.3. The molecule has 0 unspecified atom stereocenters. The van der Waals surface area contributed by atoms with E-state index in [0.717, 1.165) is 12.0 Å². The van der Waals surface area contributed by atoms with Crippen LogP contribution in [0.25, 0.3) is 6.08 Å². The molecule has 152 valence electrons. The average molecular weight is 379 g/mol. The monoisotopic (exact) mass is 378 g/mol. The lowest BCUT2D eigenvalue weighted by Crippen LogP contribution is -2.29. The average Bonchev–Trinajstić information content (AvgIpc) is 2.53. The van der Waals surface area contributed by atoms with Crippen LogP contribution in [0, 0.1) is 0 Å². The molecule has 0 atom stereocenters. The van der Waals surface area contributed by atoms with Gasteiger partial charge in [0, 0.05) is 5.56 Å². The first-order valence-electron chi connectivity index (χ1n) is 10.3. The molecule has 2 aromatic carbocycles. The fraction of sp³-hybridized carbons (Fsp3) is 0.481. The zero-order valence-electron chi connectivity index (χ0n) is 19.3. The van der Waals surface area contributed by atoms with Crippen molar-refractivity contribution in [3.05, 3.63) is 70.3 Å². The molecular formula is C27H38O. The zero-order chi connectivity index (χ0) is 21.3. The van der Waals surface area contributed by atoms with Gasteiger partial charge >= 0.3 is 0 Å². The molecule has 0 saturated carbocycles. The molecule has 0 aliphatic rings. The lowest BCUT2D eigenvalue weighted by Gasteiger charge is -2.38. The molecule has 28 heavy (non-hydrogen) atoms. The highest BCUT2D eigenvalue weighted by molar-refractivity contribution is 5.58. The first kappa shape index (κ1) is 22.3. The summed E-state index contributed by atoms with van der Waals surface area (Å²) < 4.78 is 0. The van der Waals surface area contributed by atoms with Crippen molar-refractivity contribution in [1.29, 1.82) is 0 Å². The van der Waals surface area contributed by atoms with Gasteiger partial charge in [0.05, 0.1) is 0 Å². The topological polar surface area (TPSA) is 20.2 Å². The lowest BCUT2D eigenvalue weighted by molar-refractivity contribution is 0.446. The van der Waals surface area contributed by atoms with Gasteiger partial charge in [-0.3, -0.25) is 0 Å². The molecular weight excluding hydrogens is 340 g/mol. The Bertz CT molecular complexity index is 835. The third-order valence-electron chi connectivity index (χ3n) is 5.15. The minimum atomic E-state index is -0.0583. The van der Waals surface area contributed by atoms with Crippen LogP contribution in [0.5, 0.6) is 5.75 Å². The zero-order valence-corrected chi connectivity index (χ0v) is 19.3. The predicted molar refractivity (Wildman–Crippen MR) is 123 cm³/mol. The molecule has 2 rings (SSSR count). The Hall–Kier alpha value is -2.02. The number of aromatic hydroxyl groups is 1. The van der Waals surface area contributed by atoms with Gasteiger partial charge in [-0.05, 0) is 51.0 Å². The van der Waals surface area contributed by atoms with E-state index in [4.69, 9.17) is 0 Å². The maximum absolute atomic E-state index is 11.1.